The van der Waals surface area contributed by atoms with Gasteiger partial charge in [-0.15, -0.1) is 0 Å². The molecule has 5 heteroatoms. The Morgan fingerprint density at radius 1 is 1.30 bits per heavy atom. The fourth-order valence-corrected chi connectivity index (χ4v) is 2.64. The molecule has 0 heterocycles. The smallest absolute Gasteiger partial charge is 0.193 e. The van der Waals surface area contributed by atoms with E-state index >= 15 is 0 Å². The van der Waals surface area contributed by atoms with Crippen LogP contribution in [-0.4, -0.2) is 62.6 Å². The maximum atomic E-state index is 5.42. The molecule has 0 aliphatic heterocycles. The number of hydrogen-bond donors (Lipinski definition) is 1. The fourth-order valence-electron chi connectivity index (χ4n) is 2.64. The van der Waals surface area contributed by atoms with Gasteiger partial charge in [-0.1, -0.05) is 25.1 Å². The van der Waals surface area contributed by atoms with Crippen LogP contribution in [0.5, 0.6) is 5.75 Å². The van der Waals surface area contributed by atoms with Crippen LogP contribution in [0.4, 0.5) is 0 Å². The van der Waals surface area contributed by atoms with Gasteiger partial charge in [0.05, 0.1) is 7.11 Å². The summed E-state index contributed by atoms with van der Waals surface area (Å²) >= 11 is 0. The van der Waals surface area contributed by atoms with Gasteiger partial charge in [0, 0.05) is 45.3 Å². The van der Waals surface area contributed by atoms with Gasteiger partial charge < -0.3 is 15.0 Å². The van der Waals surface area contributed by atoms with E-state index in [1.54, 1.807) is 7.11 Å². The molecule has 0 amide bonds. The van der Waals surface area contributed by atoms with Crippen LogP contribution in [-0.2, 0) is 6.54 Å². The monoisotopic (exact) mass is 320 g/mol. The molecule has 1 aromatic carbocycles. The average molecular weight is 320 g/mol. The van der Waals surface area contributed by atoms with E-state index < -0.39 is 0 Å². The Kier molecular flexibility index (Phi) is 8.48. The third kappa shape index (κ3) is 6.10. The SMILES string of the molecule is CCN(CCNC(=NC)N(C)Cc1ccccc1OC)C(C)C. The van der Waals surface area contributed by atoms with Crippen molar-refractivity contribution in [3.8, 4) is 5.75 Å². The van der Waals surface area contributed by atoms with Crippen LogP contribution >= 0.6 is 0 Å². The van der Waals surface area contributed by atoms with Gasteiger partial charge in [-0.25, -0.2) is 0 Å². The molecule has 0 spiro atoms. The molecule has 0 aliphatic rings. The molecule has 5 nitrogen and oxygen atoms in total. The van der Waals surface area contributed by atoms with Gasteiger partial charge in [-0.05, 0) is 26.5 Å². The summed E-state index contributed by atoms with van der Waals surface area (Å²) in [5.41, 5.74) is 1.15. The van der Waals surface area contributed by atoms with E-state index in [9.17, 15) is 0 Å². The lowest BCUT2D eigenvalue weighted by Gasteiger charge is -2.27. The zero-order valence-electron chi connectivity index (χ0n) is 15.5. The van der Waals surface area contributed by atoms with Crippen LogP contribution in [0.2, 0.25) is 0 Å². The molecule has 0 radical (unpaired) electrons. The average Bonchev–Trinajstić information content (AvgIpc) is 2.55. The van der Waals surface area contributed by atoms with Crippen molar-refractivity contribution in [1.82, 2.24) is 15.1 Å². The normalized spacial score (nSPS) is 11.9. The third-order valence-corrected chi connectivity index (χ3v) is 3.99. The number of nitrogens with zero attached hydrogens (tertiary/aromatic N) is 3. The van der Waals surface area contributed by atoms with E-state index in [4.69, 9.17) is 4.74 Å². The van der Waals surface area contributed by atoms with Crippen molar-refractivity contribution in [2.75, 3.05) is 40.8 Å². The predicted molar refractivity (Wildman–Crippen MR) is 98.2 cm³/mol. The van der Waals surface area contributed by atoms with Gasteiger partial charge in [-0.2, -0.15) is 0 Å². The van der Waals surface area contributed by atoms with Crippen LogP contribution in [0.3, 0.4) is 0 Å². The lowest BCUT2D eigenvalue weighted by Crippen LogP contribution is -2.43. The van der Waals surface area contributed by atoms with Gasteiger partial charge in [0.1, 0.15) is 5.75 Å². The molecule has 130 valence electrons. The highest BCUT2D eigenvalue weighted by molar-refractivity contribution is 5.79. The minimum absolute atomic E-state index is 0.565. The lowest BCUT2D eigenvalue weighted by atomic mass is 10.2. The summed E-state index contributed by atoms with van der Waals surface area (Å²) in [6.07, 6.45) is 0. The Morgan fingerprint density at radius 2 is 2.00 bits per heavy atom. The summed E-state index contributed by atoms with van der Waals surface area (Å²) in [5, 5.41) is 3.44. The molecule has 1 rings (SSSR count). The zero-order chi connectivity index (χ0) is 17.2. The summed E-state index contributed by atoms with van der Waals surface area (Å²) in [5.74, 6) is 1.81. The van der Waals surface area contributed by atoms with Crippen molar-refractivity contribution in [2.45, 2.75) is 33.4 Å². The molecule has 0 bridgehead atoms. The van der Waals surface area contributed by atoms with E-state index in [1.165, 1.54) is 0 Å². The highest BCUT2D eigenvalue weighted by Gasteiger charge is 2.11. The zero-order valence-corrected chi connectivity index (χ0v) is 15.5. The molecule has 1 N–H and O–H groups in total. The molecule has 0 fully saturated rings. The number of guanidine groups is 1. The topological polar surface area (TPSA) is 40.1 Å². The summed E-state index contributed by atoms with van der Waals surface area (Å²) in [6, 6.07) is 8.65. The van der Waals surface area contributed by atoms with Crippen LogP contribution < -0.4 is 10.1 Å². The molecule has 0 atom stereocenters. The molecule has 0 unspecified atom stereocenters. The van der Waals surface area contributed by atoms with E-state index in [0.717, 1.165) is 43.5 Å². The van der Waals surface area contributed by atoms with Crippen molar-refractivity contribution in [1.29, 1.82) is 0 Å². The number of rotatable bonds is 8. The highest BCUT2D eigenvalue weighted by atomic mass is 16.5. The molecule has 1 aromatic rings. The first-order valence-corrected chi connectivity index (χ1v) is 8.31. The first-order valence-electron chi connectivity index (χ1n) is 8.31. The maximum absolute atomic E-state index is 5.42. The standard InChI is InChI=1S/C18H32N4O/c1-7-22(15(2)3)13-12-20-18(19-4)21(5)14-16-10-8-9-11-17(16)23-6/h8-11,15H,7,12-14H2,1-6H3,(H,19,20). The fraction of sp³-hybridized carbons (Fsp3) is 0.611. The molecule has 0 aromatic heterocycles. The number of benzene rings is 1. The Balaban J connectivity index is 2.57. The third-order valence-electron chi connectivity index (χ3n) is 3.99. The van der Waals surface area contributed by atoms with Crippen molar-refractivity contribution < 1.29 is 4.74 Å². The van der Waals surface area contributed by atoms with Crippen molar-refractivity contribution in [3.63, 3.8) is 0 Å². The van der Waals surface area contributed by atoms with Crippen LogP contribution in [0.1, 0.15) is 26.3 Å². The lowest BCUT2D eigenvalue weighted by molar-refractivity contribution is 0.236. The molecular formula is C18H32N4O. The molecule has 0 saturated heterocycles. The molecule has 0 aliphatic carbocycles. The summed E-state index contributed by atoms with van der Waals surface area (Å²) < 4.78 is 5.42. The second kappa shape index (κ2) is 10.1. The van der Waals surface area contributed by atoms with Gasteiger partial charge >= 0.3 is 0 Å². The molecule has 23 heavy (non-hydrogen) atoms. The number of nitrogens with one attached hydrogen (secondary N) is 1. The number of aliphatic imine (C=N–C) groups is 1. The number of para-hydroxylation sites is 1. The number of ether oxygens (including phenoxy) is 1. The van der Waals surface area contributed by atoms with Crippen molar-refractivity contribution in [2.24, 2.45) is 4.99 Å². The summed E-state index contributed by atoms with van der Waals surface area (Å²) in [4.78, 5) is 8.92. The molecular weight excluding hydrogens is 288 g/mol. The Labute approximate surface area is 141 Å². The molecule has 0 saturated carbocycles. The first-order chi connectivity index (χ1) is 11.0. The van der Waals surface area contributed by atoms with Gasteiger partial charge in [0.25, 0.3) is 0 Å². The summed E-state index contributed by atoms with van der Waals surface area (Å²) in [7, 11) is 5.57. The van der Waals surface area contributed by atoms with Crippen LogP contribution in [0, 0.1) is 0 Å². The number of methoxy groups -OCH3 is 1. The first kappa shape index (κ1) is 19.3. The summed E-state index contributed by atoms with van der Waals surface area (Å²) in [6.45, 7) is 10.4. The van der Waals surface area contributed by atoms with Crippen molar-refractivity contribution in [3.05, 3.63) is 29.8 Å². The van der Waals surface area contributed by atoms with E-state index in [0.29, 0.717) is 6.04 Å². The maximum Gasteiger partial charge on any atom is 0.193 e. The minimum atomic E-state index is 0.565. The Hall–Kier alpha value is -1.75. The van der Waals surface area contributed by atoms with Gasteiger partial charge in [-0.3, -0.25) is 9.89 Å². The van der Waals surface area contributed by atoms with E-state index in [-0.39, 0.29) is 0 Å². The van der Waals surface area contributed by atoms with Gasteiger partial charge in [0.2, 0.25) is 0 Å². The van der Waals surface area contributed by atoms with Crippen LogP contribution in [0.15, 0.2) is 29.3 Å². The van der Waals surface area contributed by atoms with Crippen LogP contribution in [0.25, 0.3) is 0 Å². The second-order valence-corrected chi connectivity index (χ2v) is 5.86. The largest absolute Gasteiger partial charge is 0.496 e. The minimum Gasteiger partial charge on any atom is -0.496 e. The number of hydrogen-bond acceptors (Lipinski definition) is 3. The van der Waals surface area contributed by atoms with E-state index in [1.807, 2.05) is 32.3 Å². The Bertz CT molecular complexity index is 488. The van der Waals surface area contributed by atoms with E-state index in [2.05, 4.69) is 46.9 Å². The Morgan fingerprint density at radius 3 is 2.57 bits per heavy atom. The van der Waals surface area contributed by atoms with Crippen molar-refractivity contribution >= 4 is 5.96 Å². The highest BCUT2D eigenvalue weighted by Crippen LogP contribution is 2.18. The number of likely N-dealkylation sites (N-methyl/N-ethyl adjacent to an activating group) is 1. The van der Waals surface area contributed by atoms with Gasteiger partial charge in [0.15, 0.2) is 5.96 Å². The second-order valence-electron chi connectivity index (χ2n) is 5.86. The predicted octanol–water partition coefficient (Wildman–Crippen LogP) is 2.43. The quantitative estimate of drug-likeness (QED) is 0.590.